The van der Waals surface area contributed by atoms with Gasteiger partial charge in [0.05, 0.1) is 17.6 Å². The minimum atomic E-state index is -0.217. The summed E-state index contributed by atoms with van der Waals surface area (Å²) in [5.41, 5.74) is 0.481. The summed E-state index contributed by atoms with van der Waals surface area (Å²) in [7, 11) is 0. The van der Waals surface area contributed by atoms with Crippen molar-refractivity contribution in [2.45, 2.75) is 6.92 Å². The summed E-state index contributed by atoms with van der Waals surface area (Å²) in [5, 5.41) is 11.2. The Morgan fingerprint density at radius 3 is 3.07 bits per heavy atom. The SMILES string of the molecule is CC(C#N)CNC(=O)c1cncc(Br)c1. The number of carbonyl (C=O) groups is 1. The van der Waals surface area contributed by atoms with E-state index in [1.807, 2.05) is 6.07 Å². The van der Waals surface area contributed by atoms with E-state index in [9.17, 15) is 4.79 Å². The van der Waals surface area contributed by atoms with Gasteiger partial charge in [-0.3, -0.25) is 9.78 Å². The lowest BCUT2D eigenvalue weighted by atomic mass is 10.2. The molecule has 0 saturated carbocycles. The quantitative estimate of drug-likeness (QED) is 0.907. The largest absolute Gasteiger partial charge is 0.351 e. The molecule has 0 aliphatic rings. The number of nitriles is 1. The Kier molecular flexibility index (Phi) is 4.25. The van der Waals surface area contributed by atoms with E-state index in [4.69, 9.17) is 5.26 Å². The van der Waals surface area contributed by atoms with Crippen LogP contribution in [0.5, 0.6) is 0 Å². The third-order valence-corrected chi connectivity index (χ3v) is 2.19. The van der Waals surface area contributed by atoms with Gasteiger partial charge < -0.3 is 5.32 Å². The molecule has 1 atom stereocenters. The zero-order valence-electron chi connectivity index (χ0n) is 8.20. The third-order valence-electron chi connectivity index (χ3n) is 1.76. The van der Waals surface area contributed by atoms with Gasteiger partial charge in [-0.1, -0.05) is 0 Å². The monoisotopic (exact) mass is 267 g/mol. The molecule has 0 radical (unpaired) electrons. The van der Waals surface area contributed by atoms with Crippen LogP contribution in [-0.4, -0.2) is 17.4 Å². The molecule has 1 unspecified atom stereocenters. The molecule has 1 aromatic rings. The highest BCUT2D eigenvalue weighted by atomic mass is 79.9. The van der Waals surface area contributed by atoms with Crippen LogP contribution in [0.2, 0.25) is 0 Å². The van der Waals surface area contributed by atoms with Gasteiger partial charge in [0.25, 0.3) is 5.91 Å². The highest BCUT2D eigenvalue weighted by Crippen LogP contribution is 2.09. The Morgan fingerprint density at radius 1 is 1.73 bits per heavy atom. The molecule has 0 saturated heterocycles. The number of aromatic nitrogens is 1. The highest BCUT2D eigenvalue weighted by molar-refractivity contribution is 9.10. The number of carbonyl (C=O) groups excluding carboxylic acids is 1. The summed E-state index contributed by atoms with van der Waals surface area (Å²) in [6, 6.07) is 3.72. The van der Waals surface area contributed by atoms with Crippen molar-refractivity contribution in [3.63, 3.8) is 0 Å². The Labute approximate surface area is 96.4 Å². The normalized spacial score (nSPS) is 11.5. The van der Waals surface area contributed by atoms with E-state index in [1.165, 1.54) is 6.20 Å². The molecule has 15 heavy (non-hydrogen) atoms. The van der Waals surface area contributed by atoms with Crippen molar-refractivity contribution >= 4 is 21.8 Å². The Balaban J connectivity index is 2.59. The topological polar surface area (TPSA) is 65.8 Å². The van der Waals surface area contributed by atoms with Crippen molar-refractivity contribution in [2.75, 3.05) is 6.54 Å². The predicted octanol–water partition coefficient (Wildman–Crippen LogP) is 1.73. The first-order valence-electron chi connectivity index (χ1n) is 4.42. The van der Waals surface area contributed by atoms with Crippen molar-refractivity contribution in [1.29, 1.82) is 5.26 Å². The van der Waals surface area contributed by atoms with Crippen LogP contribution in [0.25, 0.3) is 0 Å². The first-order valence-corrected chi connectivity index (χ1v) is 5.21. The average molecular weight is 268 g/mol. The van der Waals surface area contributed by atoms with E-state index < -0.39 is 0 Å². The number of amides is 1. The number of hydrogen-bond donors (Lipinski definition) is 1. The first kappa shape index (κ1) is 11.7. The first-order chi connectivity index (χ1) is 7.13. The van der Waals surface area contributed by atoms with Gasteiger partial charge in [0, 0.05) is 23.4 Å². The van der Waals surface area contributed by atoms with Gasteiger partial charge in [-0.25, -0.2) is 0 Å². The Hall–Kier alpha value is -1.41. The van der Waals surface area contributed by atoms with Crippen LogP contribution >= 0.6 is 15.9 Å². The lowest BCUT2D eigenvalue weighted by Crippen LogP contribution is -2.27. The molecule has 0 fully saturated rings. The summed E-state index contributed by atoms with van der Waals surface area (Å²) in [4.78, 5) is 15.4. The average Bonchev–Trinajstić information content (AvgIpc) is 2.25. The smallest absolute Gasteiger partial charge is 0.252 e. The van der Waals surface area contributed by atoms with Crippen LogP contribution in [0.3, 0.4) is 0 Å². The molecule has 1 aromatic heterocycles. The minimum Gasteiger partial charge on any atom is -0.351 e. The number of rotatable bonds is 3. The van der Waals surface area contributed by atoms with Gasteiger partial charge in [-0.05, 0) is 28.9 Å². The molecular formula is C10H10BrN3O. The molecule has 1 rings (SSSR count). The highest BCUT2D eigenvalue weighted by Gasteiger charge is 2.07. The molecule has 0 aliphatic heterocycles. The van der Waals surface area contributed by atoms with Crippen molar-refractivity contribution in [1.82, 2.24) is 10.3 Å². The van der Waals surface area contributed by atoms with Crippen LogP contribution in [-0.2, 0) is 0 Å². The number of pyridine rings is 1. The fraction of sp³-hybridized carbons (Fsp3) is 0.300. The van der Waals surface area contributed by atoms with Crippen molar-refractivity contribution in [2.24, 2.45) is 5.92 Å². The van der Waals surface area contributed by atoms with Gasteiger partial charge in [0.15, 0.2) is 0 Å². The molecule has 0 bridgehead atoms. The van der Waals surface area contributed by atoms with Crippen LogP contribution in [0, 0.1) is 17.2 Å². The van der Waals surface area contributed by atoms with Crippen LogP contribution in [0.1, 0.15) is 17.3 Å². The van der Waals surface area contributed by atoms with Crippen molar-refractivity contribution < 1.29 is 4.79 Å². The summed E-state index contributed by atoms with van der Waals surface area (Å²) in [6.45, 7) is 2.10. The summed E-state index contributed by atoms with van der Waals surface area (Å²) in [6.07, 6.45) is 3.09. The predicted molar refractivity (Wildman–Crippen MR) is 59.0 cm³/mol. The molecule has 0 aromatic carbocycles. The molecule has 0 spiro atoms. The van der Waals surface area contributed by atoms with E-state index in [-0.39, 0.29) is 11.8 Å². The standard InChI is InChI=1S/C10H10BrN3O/c1-7(3-12)4-14-10(15)8-2-9(11)6-13-5-8/h2,5-7H,4H2,1H3,(H,14,15). The van der Waals surface area contributed by atoms with E-state index in [0.29, 0.717) is 12.1 Å². The maximum absolute atomic E-state index is 11.5. The van der Waals surface area contributed by atoms with E-state index in [1.54, 1.807) is 19.2 Å². The third kappa shape index (κ3) is 3.68. The van der Waals surface area contributed by atoms with Gasteiger partial charge in [0.2, 0.25) is 0 Å². The molecule has 0 aliphatic carbocycles. The fourth-order valence-electron chi connectivity index (χ4n) is 0.930. The second-order valence-corrected chi connectivity index (χ2v) is 4.05. The lowest BCUT2D eigenvalue weighted by Gasteiger charge is -2.05. The molecule has 4 nitrogen and oxygen atoms in total. The molecule has 1 amide bonds. The summed E-state index contributed by atoms with van der Waals surface area (Å²) >= 11 is 3.23. The molecule has 1 heterocycles. The van der Waals surface area contributed by atoms with Gasteiger partial charge in [-0.2, -0.15) is 5.26 Å². The number of hydrogen-bond acceptors (Lipinski definition) is 3. The molecule has 1 N–H and O–H groups in total. The van der Waals surface area contributed by atoms with Crippen LogP contribution in [0.15, 0.2) is 22.9 Å². The van der Waals surface area contributed by atoms with Crippen LogP contribution in [0.4, 0.5) is 0 Å². The maximum atomic E-state index is 11.5. The summed E-state index contributed by atoms with van der Waals surface area (Å²) < 4.78 is 0.753. The number of nitrogens with zero attached hydrogens (tertiary/aromatic N) is 2. The van der Waals surface area contributed by atoms with Gasteiger partial charge >= 0.3 is 0 Å². The van der Waals surface area contributed by atoms with Crippen molar-refractivity contribution in [3.05, 3.63) is 28.5 Å². The van der Waals surface area contributed by atoms with Gasteiger partial charge in [0.1, 0.15) is 0 Å². The maximum Gasteiger partial charge on any atom is 0.252 e. The lowest BCUT2D eigenvalue weighted by molar-refractivity contribution is 0.0950. The summed E-state index contributed by atoms with van der Waals surface area (Å²) in [5.74, 6) is -0.403. The van der Waals surface area contributed by atoms with Crippen LogP contribution < -0.4 is 5.32 Å². The molecule has 5 heteroatoms. The number of halogens is 1. The zero-order valence-corrected chi connectivity index (χ0v) is 9.78. The van der Waals surface area contributed by atoms with E-state index in [0.717, 1.165) is 4.47 Å². The number of nitrogens with one attached hydrogen (secondary N) is 1. The Bertz CT molecular complexity index is 400. The second-order valence-electron chi connectivity index (χ2n) is 3.13. The molecule has 78 valence electrons. The minimum absolute atomic E-state index is 0.186. The van der Waals surface area contributed by atoms with E-state index >= 15 is 0 Å². The van der Waals surface area contributed by atoms with Gasteiger partial charge in [-0.15, -0.1) is 0 Å². The van der Waals surface area contributed by atoms with Crippen molar-refractivity contribution in [3.8, 4) is 6.07 Å². The zero-order chi connectivity index (χ0) is 11.3. The Morgan fingerprint density at radius 2 is 2.47 bits per heavy atom. The fourth-order valence-corrected chi connectivity index (χ4v) is 1.29. The van der Waals surface area contributed by atoms with E-state index in [2.05, 4.69) is 26.2 Å². The molecular weight excluding hydrogens is 258 g/mol. The second kappa shape index (κ2) is 5.47.